The number of rotatable bonds is 4. The Morgan fingerprint density at radius 1 is 1.12 bits per heavy atom. The van der Waals surface area contributed by atoms with Gasteiger partial charge in [0, 0.05) is 6.54 Å². The molecule has 0 spiro atoms. The highest BCUT2D eigenvalue weighted by atomic mass is 16.6. The van der Waals surface area contributed by atoms with Gasteiger partial charge in [-0.25, -0.2) is 9.59 Å². The molecule has 0 N–H and O–H groups in total. The zero-order valence-electron chi connectivity index (χ0n) is 15.6. The van der Waals surface area contributed by atoms with Gasteiger partial charge >= 0.3 is 18.0 Å². The van der Waals surface area contributed by atoms with Gasteiger partial charge in [-0.1, -0.05) is 18.2 Å². The van der Waals surface area contributed by atoms with E-state index >= 15 is 0 Å². The third-order valence-corrected chi connectivity index (χ3v) is 3.78. The van der Waals surface area contributed by atoms with Crippen molar-refractivity contribution in [2.45, 2.75) is 39.4 Å². The summed E-state index contributed by atoms with van der Waals surface area (Å²) in [5.41, 5.74) is -0.277. The van der Waals surface area contributed by atoms with Crippen molar-refractivity contribution in [3.63, 3.8) is 0 Å². The van der Waals surface area contributed by atoms with Crippen molar-refractivity contribution >= 4 is 18.0 Å². The molecule has 7 heteroatoms. The molecule has 1 fully saturated rings. The molecule has 1 amide bonds. The molecule has 0 aliphatic carbocycles. The number of nitrogens with zero attached hydrogens (tertiary/aromatic N) is 1. The van der Waals surface area contributed by atoms with E-state index in [4.69, 9.17) is 14.2 Å². The number of likely N-dealkylation sites (tertiary alicyclic amines) is 1. The Morgan fingerprint density at radius 2 is 1.77 bits per heavy atom. The van der Waals surface area contributed by atoms with Crippen LogP contribution in [-0.2, 0) is 19.0 Å². The fourth-order valence-corrected chi connectivity index (χ4v) is 2.62. The Morgan fingerprint density at radius 3 is 2.35 bits per heavy atom. The number of esters is 2. The van der Waals surface area contributed by atoms with Crippen molar-refractivity contribution in [3.05, 3.63) is 35.9 Å². The molecule has 1 saturated heterocycles. The summed E-state index contributed by atoms with van der Waals surface area (Å²) in [6, 6.07) is 8.49. The highest BCUT2D eigenvalue weighted by molar-refractivity contribution is 5.90. The van der Waals surface area contributed by atoms with E-state index in [2.05, 4.69) is 0 Å². The summed E-state index contributed by atoms with van der Waals surface area (Å²) in [6.45, 7) is 7.35. The molecule has 1 heterocycles. The number of hydrogen-bond donors (Lipinski definition) is 0. The van der Waals surface area contributed by atoms with Crippen molar-refractivity contribution in [1.82, 2.24) is 4.90 Å². The van der Waals surface area contributed by atoms with Gasteiger partial charge in [-0.3, -0.25) is 4.79 Å². The average molecular weight is 363 g/mol. The molecule has 1 aromatic carbocycles. The van der Waals surface area contributed by atoms with Crippen LogP contribution in [0.5, 0.6) is 0 Å². The second-order valence-corrected chi connectivity index (χ2v) is 7.05. The van der Waals surface area contributed by atoms with Gasteiger partial charge < -0.3 is 19.1 Å². The van der Waals surface area contributed by atoms with E-state index in [1.807, 2.05) is 0 Å². The van der Waals surface area contributed by atoms with Crippen LogP contribution in [0.1, 0.15) is 38.1 Å². The highest BCUT2D eigenvalue weighted by Gasteiger charge is 2.44. The molecule has 0 saturated carbocycles. The van der Waals surface area contributed by atoms with Crippen LogP contribution in [0.3, 0.4) is 0 Å². The molecule has 7 nitrogen and oxygen atoms in total. The Hall–Kier alpha value is -2.57. The van der Waals surface area contributed by atoms with Gasteiger partial charge in [0.2, 0.25) is 0 Å². The summed E-state index contributed by atoms with van der Waals surface area (Å²) < 4.78 is 15.9. The van der Waals surface area contributed by atoms with E-state index in [1.54, 1.807) is 58.0 Å². The van der Waals surface area contributed by atoms with E-state index in [0.717, 1.165) is 0 Å². The lowest BCUT2D eigenvalue weighted by molar-refractivity contribution is -0.150. The summed E-state index contributed by atoms with van der Waals surface area (Å²) in [5, 5.41) is 0. The molecule has 2 rings (SSSR count). The summed E-state index contributed by atoms with van der Waals surface area (Å²) in [7, 11) is 0. The molecule has 0 aromatic heterocycles. The summed E-state index contributed by atoms with van der Waals surface area (Å²) in [4.78, 5) is 38.2. The predicted molar refractivity (Wildman–Crippen MR) is 93.6 cm³/mol. The van der Waals surface area contributed by atoms with Gasteiger partial charge in [0.25, 0.3) is 0 Å². The predicted octanol–water partition coefficient (Wildman–Crippen LogP) is 2.64. The Bertz CT molecular complexity index is 652. The first-order valence-electron chi connectivity index (χ1n) is 8.62. The standard InChI is InChI=1S/C19H25NO6/c1-5-24-17(22)14-11-20(18(23)26-19(2,3)4)12-15(14)25-16(21)13-9-7-6-8-10-13/h6-10,14-15H,5,11-12H2,1-4H3/t14?,15-/m1/s1. The minimum atomic E-state index is -0.783. The van der Waals surface area contributed by atoms with Crippen LogP contribution in [0.25, 0.3) is 0 Å². The third-order valence-electron chi connectivity index (χ3n) is 3.78. The van der Waals surface area contributed by atoms with Crippen LogP contribution in [0.15, 0.2) is 30.3 Å². The molecule has 142 valence electrons. The molecule has 0 bridgehead atoms. The van der Waals surface area contributed by atoms with Crippen LogP contribution in [-0.4, -0.2) is 54.3 Å². The van der Waals surface area contributed by atoms with Crippen molar-refractivity contribution in [3.8, 4) is 0 Å². The molecule has 2 atom stereocenters. The maximum Gasteiger partial charge on any atom is 0.410 e. The van der Waals surface area contributed by atoms with Gasteiger partial charge in [-0.2, -0.15) is 0 Å². The lowest BCUT2D eigenvalue weighted by Crippen LogP contribution is -2.36. The van der Waals surface area contributed by atoms with E-state index in [0.29, 0.717) is 5.56 Å². The van der Waals surface area contributed by atoms with Crippen molar-refractivity contribution in [2.75, 3.05) is 19.7 Å². The van der Waals surface area contributed by atoms with E-state index in [1.165, 1.54) is 4.90 Å². The fourth-order valence-electron chi connectivity index (χ4n) is 2.62. The summed E-state index contributed by atoms with van der Waals surface area (Å²) in [5.74, 6) is -1.78. The maximum absolute atomic E-state index is 12.3. The van der Waals surface area contributed by atoms with E-state index < -0.39 is 35.7 Å². The Kier molecular flexibility index (Phi) is 6.23. The number of carbonyl (C=O) groups is 3. The largest absolute Gasteiger partial charge is 0.466 e. The van der Waals surface area contributed by atoms with Gasteiger partial charge in [-0.05, 0) is 39.8 Å². The van der Waals surface area contributed by atoms with Gasteiger partial charge in [0.1, 0.15) is 17.6 Å². The molecule has 26 heavy (non-hydrogen) atoms. The van der Waals surface area contributed by atoms with Crippen LogP contribution in [0.4, 0.5) is 4.79 Å². The first-order valence-corrected chi connectivity index (χ1v) is 8.62. The monoisotopic (exact) mass is 363 g/mol. The topological polar surface area (TPSA) is 82.1 Å². The van der Waals surface area contributed by atoms with Crippen molar-refractivity contribution in [1.29, 1.82) is 0 Å². The summed E-state index contributed by atoms with van der Waals surface area (Å²) in [6.07, 6.45) is -1.33. The number of benzene rings is 1. The van der Waals surface area contributed by atoms with Crippen LogP contribution < -0.4 is 0 Å². The molecule has 1 unspecified atom stereocenters. The average Bonchev–Trinajstić information content (AvgIpc) is 2.98. The van der Waals surface area contributed by atoms with Crippen molar-refractivity contribution < 1.29 is 28.6 Å². The maximum atomic E-state index is 12.3. The number of carbonyl (C=O) groups excluding carboxylic acids is 3. The zero-order valence-corrected chi connectivity index (χ0v) is 15.6. The zero-order chi connectivity index (χ0) is 19.3. The highest BCUT2D eigenvalue weighted by Crippen LogP contribution is 2.24. The fraction of sp³-hybridized carbons (Fsp3) is 0.526. The molecule has 0 radical (unpaired) electrons. The first-order chi connectivity index (χ1) is 12.2. The first kappa shape index (κ1) is 19.8. The van der Waals surface area contributed by atoms with E-state index in [-0.39, 0.29) is 19.7 Å². The van der Waals surface area contributed by atoms with E-state index in [9.17, 15) is 14.4 Å². The Balaban J connectivity index is 2.11. The normalized spacial score (nSPS) is 19.8. The molecule has 1 aliphatic rings. The number of amides is 1. The van der Waals surface area contributed by atoms with Crippen LogP contribution in [0, 0.1) is 5.92 Å². The van der Waals surface area contributed by atoms with Crippen LogP contribution in [0.2, 0.25) is 0 Å². The van der Waals surface area contributed by atoms with Crippen molar-refractivity contribution in [2.24, 2.45) is 5.92 Å². The second-order valence-electron chi connectivity index (χ2n) is 7.05. The molecular formula is C19H25NO6. The summed E-state index contributed by atoms with van der Waals surface area (Å²) >= 11 is 0. The molecular weight excluding hydrogens is 338 g/mol. The van der Waals surface area contributed by atoms with Crippen LogP contribution >= 0.6 is 0 Å². The molecule has 1 aliphatic heterocycles. The number of hydrogen-bond acceptors (Lipinski definition) is 6. The minimum Gasteiger partial charge on any atom is -0.466 e. The second kappa shape index (κ2) is 8.21. The minimum absolute atomic E-state index is 0.0803. The van der Waals surface area contributed by atoms with Gasteiger partial charge in [-0.15, -0.1) is 0 Å². The lowest BCUT2D eigenvalue weighted by atomic mass is 10.1. The molecule has 1 aromatic rings. The third kappa shape index (κ3) is 5.21. The SMILES string of the molecule is CCOC(=O)C1CN(C(=O)OC(C)(C)C)C[C@H]1OC(=O)c1ccccc1. The quantitative estimate of drug-likeness (QED) is 0.604. The van der Waals surface area contributed by atoms with Gasteiger partial charge in [0.05, 0.1) is 18.7 Å². The lowest BCUT2D eigenvalue weighted by Gasteiger charge is -2.24. The Labute approximate surface area is 153 Å². The smallest absolute Gasteiger partial charge is 0.410 e. The number of ether oxygens (including phenoxy) is 3. The van der Waals surface area contributed by atoms with Gasteiger partial charge in [0.15, 0.2) is 0 Å².